The van der Waals surface area contributed by atoms with E-state index in [2.05, 4.69) is 15.3 Å². The molecule has 6 heteroatoms. The predicted molar refractivity (Wildman–Crippen MR) is 67.6 cm³/mol. The van der Waals surface area contributed by atoms with Crippen LogP contribution < -0.4 is 10.1 Å². The number of H-pyrrole nitrogens is 1. The highest BCUT2D eigenvalue weighted by molar-refractivity contribution is 5.94. The molecule has 0 aliphatic rings. The maximum absolute atomic E-state index is 13.6. The normalized spacial score (nSPS) is 10.2. The second-order valence-electron chi connectivity index (χ2n) is 3.89. The van der Waals surface area contributed by atoms with Crippen LogP contribution in [0.1, 0.15) is 16.2 Å². The number of rotatable bonds is 5. The van der Waals surface area contributed by atoms with Gasteiger partial charge in [-0.05, 0) is 12.1 Å². The third kappa shape index (κ3) is 3.31. The molecule has 5 nitrogen and oxygen atoms in total. The highest BCUT2D eigenvalue weighted by Crippen LogP contribution is 2.15. The molecule has 2 aromatic rings. The molecule has 0 saturated carbocycles. The minimum Gasteiger partial charge on any atom is -0.497 e. The Hall–Kier alpha value is -2.37. The van der Waals surface area contributed by atoms with Gasteiger partial charge in [-0.3, -0.25) is 4.79 Å². The van der Waals surface area contributed by atoms with Gasteiger partial charge in [0.15, 0.2) is 0 Å². The van der Waals surface area contributed by atoms with E-state index in [1.807, 2.05) is 0 Å². The number of benzene rings is 1. The Bertz CT molecular complexity index is 555. The van der Waals surface area contributed by atoms with E-state index in [4.69, 9.17) is 4.74 Å². The molecule has 0 aliphatic heterocycles. The van der Waals surface area contributed by atoms with E-state index >= 15 is 0 Å². The SMILES string of the molecule is COc1ccc(C(=O)NCCc2ncc[nH]2)c(F)c1. The van der Waals surface area contributed by atoms with Crippen molar-refractivity contribution < 1.29 is 13.9 Å². The van der Waals surface area contributed by atoms with Gasteiger partial charge in [0.05, 0.1) is 12.7 Å². The predicted octanol–water partition coefficient (Wildman–Crippen LogP) is 1.53. The lowest BCUT2D eigenvalue weighted by molar-refractivity contribution is 0.0950. The molecular formula is C13H14FN3O2. The summed E-state index contributed by atoms with van der Waals surface area (Å²) >= 11 is 0. The molecule has 2 rings (SSSR count). The highest BCUT2D eigenvalue weighted by Gasteiger charge is 2.12. The molecular weight excluding hydrogens is 249 g/mol. The average Bonchev–Trinajstić information content (AvgIpc) is 2.91. The number of amides is 1. The van der Waals surface area contributed by atoms with Gasteiger partial charge in [-0.25, -0.2) is 9.37 Å². The van der Waals surface area contributed by atoms with Crippen LogP contribution in [0.5, 0.6) is 5.75 Å². The van der Waals surface area contributed by atoms with Crippen LogP contribution in [0.4, 0.5) is 4.39 Å². The molecule has 1 aromatic heterocycles. The van der Waals surface area contributed by atoms with E-state index in [1.165, 1.54) is 19.2 Å². The van der Waals surface area contributed by atoms with Crippen molar-refractivity contribution in [2.24, 2.45) is 0 Å². The first-order chi connectivity index (χ1) is 9.20. The molecule has 0 spiro atoms. The molecule has 2 N–H and O–H groups in total. The molecule has 1 amide bonds. The van der Waals surface area contributed by atoms with Crippen molar-refractivity contribution in [2.75, 3.05) is 13.7 Å². The number of hydrogen-bond acceptors (Lipinski definition) is 3. The summed E-state index contributed by atoms with van der Waals surface area (Å²) in [5.74, 6) is 0.0988. The fourth-order valence-corrected chi connectivity index (χ4v) is 1.63. The molecule has 0 atom stereocenters. The molecule has 0 radical (unpaired) electrons. The van der Waals surface area contributed by atoms with Crippen molar-refractivity contribution >= 4 is 5.91 Å². The number of ether oxygens (including phenoxy) is 1. The molecule has 0 aliphatic carbocycles. The monoisotopic (exact) mass is 263 g/mol. The Balaban J connectivity index is 1.92. The van der Waals surface area contributed by atoms with E-state index in [1.54, 1.807) is 18.5 Å². The van der Waals surface area contributed by atoms with Crippen molar-refractivity contribution in [1.29, 1.82) is 0 Å². The standard InChI is InChI=1S/C13H14FN3O2/c1-19-9-2-3-10(11(14)8-9)13(18)17-5-4-12-15-6-7-16-12/h2-3,6-8H,4-5H2,1H3,(H,15,16)(H,17,18). The Kier molecular flexibility index (Phi) is 4.12. The van der Waals surface area contributed by atoms with Gasteiger partial charge in [-0.15, -0.1) is 0 Å². The molecule has 1 heterocycles. The summed E-state index contributed by atoms with van der Waals surface area (Å²) < 4.78 is 18.5. The van der Waals surface area contributed by atoms with E-state index in [-0.39, 0.29) is 5.56 Å². The van der Waals surface area contributed by atoms with E-state index in [0.29, 0.717) is 18.7 Å². The van der Waals surface area contributed by atoms with Crippen LogP contribution >= 0.6 is 0 Å². The van der Waals surface area contributed by atoms with Crippen molar-refractivity contribution in [3.05, 3.63) is 47.8 Å². The number of carbonyl (C=O) groups excluding carboxylic acids is 1. The zero-order valence-electron chi connectivity index (χ0n) is 10.4. The second kappa shape index (κ2) is 5.99. The molecule has 0 bridgehead atoms. The number of aromatic nitrogens is 2. The minimum absolute atomic E-state index is 0.000227. The van der Waals surface area contributed by atoms with Crippen LogP contribution in [0.25, 0.3) is 0 Å². The van der Waals surface area contributed by atoms with Gasteiger partial charge in [0.2, 0.25) is 0 Å². The van der Waals surface area contributed by atoms with Gasteiger partial charge in [0.25, 0.3) is 5.91 Å². The zero-order chi connectivity index (χ0) is 13.7. The highest BCUT2D eigenvalue weighted by atomic mass is 19.1. The number of methoxy groups -OCH3 is 1. The van der Waals surface area contributed by atoms with Gasteiger partial charge in [-0.2, -0.15) is 0 Å². The summed E-state index contributed by atoms with van der Waals surface area (Å²) in [6.07, 6.45) is 3.91. The average molecular weight is 263 g/mol. The summed E-state index contributed by atoms with van der Waals surface area (Å²) in [5.41, 5.74) is 0.000227. The van der Waals surface area contributed by atoms with Crippen LogP contribution in [-0.4, -0.2) is 29.5 Å². The quantitative estimate of drug-likeness (QED) is 0.859. The Morgan fingerprint density at radius 2 is 2.37 bits per heavy atom. The minimum atomic E-state index is -0.602. The number of aromatic amines is 1. The summed E-state index contributed by atoms with van der Waals surface area (Å²) in [7, 11) is 1.44. The van der Waals surface area contributed by atoms with Gasteiger partial charge >= 0.3 is 0 Å². The van der Waals surface area contributed by atoms with Crippen molar-refractivity contribution in [3.8, 4) is 5.75 Å². The Morgan fingerprint density at radius 3 is 3.00 bits per heavy atom. The summed E-state index contributed by atoms with van der Waals surface area (Å²) in [6.45, 7) is 0.387. The fraction of sp³-hybridized carbons (Fsp3) is 0.231. The molecule has 0 unspecified atom stereocenters. The lowest BCUT2D eigenvalue weighted by Gasteiger charge is -2.06. The Labute approximate surface area is 109 Å². The van der Waals surface area contributed by atoms with Crippen molar-refractivity contribution in [3.63, 3.8) is 0 Å². The summed E-state index contributed by atoms with van der Waals surface area (Å²) in [6, 6.07) is 4.13. The van der Waals surface area contributed by atoms with Crippen LogP contribution in [0.15, 0.2) is 30.6 Å². The van der Waals surface area contributed by atoms with E-state index in [9.17, 15) is 9.18 Å². The third-order valence-corrected chi connectivity index (χ3v) is 2.62. The largest absolute Gasteiger partial charge is 0.497 e. The number of carbonyl (C=O) groups is 1. The lowest BCUT2D eigenvalue weighted by atomic mass is 10.2. The Morgan fingerprint density at radius 1 is 1.53 bits per heavy atom. The number of halogens is 1. The van der Waals surface area contributed by atoms with Gasteiger partial charge in [0, 0.05) is 31.4 Å². The fourth-order valence-electron chi connectivity index (χ4n) is 1.63. The molecule has 100 valence electrons. The second-order valence-corrected chi connectivity index (χ2v) is 3.89. The van der Waals surface area contributed by atoms with E-state index in [0.717, 1.165) is 5.82 Å². The molecule has 0 fully saturated rings. The van der Waals surface area contributed by atoms with Crippen molar-refractivity contribution in [1.82, 2.24) is 15.3 Å². The first-order valence-corrected chi connectivity index (χ1v) is 5.80. The van der Waals surface area contributed by atoms with E-state index < -0.39 is 11.7 Å². The smallest absolute Gasteiger partial charge is 0.254 e. The first kappa shape index (κ1) is 13.1. The number of nitrogens with one attached hydrogen (secondary N) is 2. The first-order valence-electron chi connectivity index (χ1n) is 5.80. The van der Waals surface area contributed by atoms with Crippen molar-refractivity contribution in [2.45, 2.75) is 6.42 Å². The summed E-state index contributed by atoms with van der Waals surface area (Å²) in [5, 5.41) is 2.64. The zero-order valence-corrected chi connectivity index (χ0v) is 10.4. The number of nitrogens with zero attached hydrogens (tertiary/aromatic N) is 1. The van der Waals surface area contributed by atoms with Crippen LogP contribution in [0, 0.1) is 5.82 Å². The maximum Gasteiger partial charge on any atom is 0.254 e. The van der Waals surface area contributed by atoms with Gasteiger partial charge in [-0.1, -0.05) is 0 Å². The topological polar surface area (TPSA) is 67.0 Å². The van der Waals surface area contributed by atoms with Gasteiger partial charge in [0.1, 0.15) is 17.4 Å². The van der Waals surface area contributed by atoms with Crippen LogP contribution in [0.3, 0.4) is 0 Å². The van der Waals surface area contributed by atoms with Crippen LogP contribution in [-0.2, 0) is 6.42 Å². The maximum atomic E-state index is 13.6. The molecule has 0 saturated heterocycles. The summed E-state index contributed by atoms with van der Waals surface area (Å²) in [4.78, 5) is 18.7. The van der Waals surface area contributed by atoms with Crippen LogP contribution in [0.2, 0.25) is 0 Å². The number of imidazole rings is 1. The van der Waals surface area contributed by atoms with Gasteiger partial charge < -0.3 is 15.0 Å². The third-order valence-electron chi connectivity index (χ3n) is 2.62. The number of hydrogen-bond donors (Lipinski definition) is 2. The lowest BCUT2D eigenvalue weighted by Crippen LogP contribution is -2.26. The molecule has 19 heavy (non-hydrogen) atoms. The molecule has 1 aromatic carbocycles.